The highest BCUT2D eigenvalue weighted by atomic mass is 32.2. The number of nitrogens with zero attached hydrogens (tertiary/aromatic N) is 1. The molecule has 128 valence electrons. The molecule has 5 nitrogen and oxygen atoms in total. The van der Waals surface area contributed by atoms with Crippen molar-refractivity contribution in [3.63, 3.8) is 0 Å². The minimum absolute atomic E-state index is 0.0126. The third-order valence-corrected chi connectivity index (χ3v) is 5.32. The van der Waals surface area contributed by atoms with Crippen molar-refractivity contribution >= 4 is 16.0 Å². The molecule has 23 heavy (non-hydrogen) atoms. The number of hydrogen-bond donors (Lipinski definition) is 0. The molecule has 2 rings (SSSR count). The Morgan fingerprint density at radius 2 is 1.70 bits per heavy atom. The second-order valence-electron chi connectivity index (χ2n) is 5.15. The number of hydrogen-bond acceptors (Lipinski definition) is 4. The number of halogens is 4. The first-order valence-corrected chi connectivity index (χ1v) is 7.81. The van der Waals surface area contributed by atoms with Gasteiger partial charge in [0.2, 0.25) is 10.0 Å². The van der Waals surface area contributed by atoms with Gasteiger partial charge in [0.15, 0.2) is 0 Å². The monoisotopic (exact) mass is 355 g/mol. The lowest BCUT2D eigenvalue weighted by Crippen LogP contribution is -2.38. The maximum absolute atomic E-state index is 13.2. The van der Waals surface area contributed by atoms with Crippen LogP contribution in [0.15, 0.2) is 23.1 Å². The van der Waals surface area contributed by atoms with Crippen molar-refractivity contribution in [2.24, 2.45) is 0 Å². The van der Waals surface area contributed by atoms with Gasteiger partial charge in [-0.15, -0.1) is 0 Å². The van der Waals surface area contributed by atoms with Crippen LogP contribution in [0.2, 0.25) is 0 Å². The van der Waals surface area contributed by atoms with Crippen molar-refractivity contribution in [1.82, 2.24) is 4.31 Å². The van der Waals surface area contributed by atoms with E-state index >= 15 is 0 Å². The van der Waals surface area contributed by atoms with Crippen LogP contribution >= 0.6 is 0 Å². The minimum Gasteiger partial charge on any atom is -0.465 e. The predicted molar refractivity (Wildman–Crippen MR) is 71.2 cm³/mol. The lowest BCUT2D eigenvalue weighted by molar-refractivity contribution is -0.172. The SMILES string of the molecule is COC(=O)c1cc(S(=O)(=O)N2CC(F)(F)C(F)(F)C2)ccc1C. The van der Waals surface area contributed by atoms with Crippen molar-refractivity contribution in [1.29, 1.82) is 0 Å². The zero-order valence-electron chi connectivity index (χ0n) is 12.1. The lowest BCUT2D eigenvalue weighted by atomic mass is 10.1. The highest BCUT2D eigenvalue weighted by Gasteiger charge is 2.65. The molecule has 0 N–H and O–H groups in total. The molecule has 0 spiro atoms. The molecule has 1 aliphatic heterocycles. The first-order chi connectivity index (χ1) is 10.4. The fraction of sp³-hybridized carbons (Fsp3) is 0.462. The molecule has 0 bridgehead atoms. The predicted octanol–water partition coefficient (Wildman–Crippen LogP) is 2.06. The second-order valence-corrected chi connectivity index (χ2v) is 7.09. The quantitative estimate of drug-likeness (QED) is 0.615. The average Bonchev–Trinajstić information content (AvgIpc) is 2.67. The second kappa shape index (κ2) is 5.45. The fourth-order valence-electron chi connectivity index (χ4n) is 2.14. The highest BCUT2D eigenvalue weighted by Crippen LogP contribution is 2.42. The lowest BCUT2D eigenvalue weighted by Gasteiger charge is -2.16. The Kier molecular flexibility index (Phi) is 4.18. The standard InChI is InChI=1S/C13H13F4NO4S/c1-8-3-4-9(5-10(8)11(19)22-2)23(20,21)18-6-12(14,15)13(16,17)7-18/h3-5H,6-7H2,1-2H3. The first kappa shape index (κ1) is 17.7. The van der Waals surface area contributed by atoms with Gasteiger partial charge in [-0.25, -0.2) is 13.2 Å². The summed E-state index contributed by atoms with van der Waals surface area (Å²) < 4.78 is 81.9. The summed E-state index contributed by atoms with van der Waals surface area (Å²) in [5.74, 6) is -9.72. The van der Waals surface area contributed by atoms with Crippen LogP contribution in [-0.4, -0.2) is 50.7 Å². The summed E-state index contributed by atoms with van der Waals surface area (Å²) >= 11 is 0. The van der Waals surface area contributed by atoms with E-state index in [0.717, 1.165) is 19.2 Å². The molecule has 1 fully saturated rings. The number of esters is 1. The van der Waals surface area contributed by atoms with Gasteiger partial charge in [-0.05, 0) is 24.6 Å². The Bertz CT molecular complexity index is 732. The van der Waals surface area contributed by atoms with Crippen LogP contribution in [0.3, 0.4) is 0 Å². The van der Waals surface area contributed by atoms with E-state index in [1.807, 2.05) is 0 Å². The average molecular weight is 355 g/mol. The summed E-state index contributed by atoms with van der Waals surface area (Å²) in [6, 6.07) is 3.25. The summed E-state index contributed by atoms with van der Waals surface area (Å²) in [5, 5.41) is 0. The van der Waals surface area contributed by atoms with E-state index in [1.54, 1.807) is 0 Å². The van der Waals surface area contributed by atoms with Crippen LogP contribution < -0.4 is 0 Å². The molecule has 0 aromatic heterocycles. The Labute approximate surface area is 129 Å². The van der Waals surface area contributed by atoms with Crippen LogP contribution in [0.25, 0.3) is 0 Å². The molecule has 1 aromatic rings. The maximum atomic E-state index is 13.2. The van der Waals surface area contributed by atoms with Crippen LogP contribution in [0.5, 0.6) is 0 Å². The first-order valence-electron chi connectivity index (χ1n) is 6.37. The number of benzene rings is 1. The number of methoxy groups -OCH3 is 1. The highest BCUT2D eigenvalue weighted by molar-refractivity contribution is 7.89. The Balaban J connectivity index is 2.44. The zero-order valence-corrected chi connectivity index (χ0v) is 13.0. The molecular formula is C13H13F4NO4S. The molecule has 0 unspecified atom stereocenters. The number of ether oxygens (including phenoxy) is 1. The Hall–Kier alpha value is -1.68. The summed E-state index contributed by atoms with van der Waals surface area (Å²) in [4.78, 5) is 11.0. The molecule has 1 saturated heterocycles. The zero-order chi connectivity index (χ0) is 17.6. The smallest absolute Gasteiger partial charge is 0.338 e. The normalized spacial score (nSPS) is 20.4. The van der Waals surface area contributed by atoms with Gasteiger partial charge in [-0.2, -0.15) is 21.9 Å². The van der Waals surface area contributed by atoms with E-state index in [9.17, 15) is 30.8 Å². The molecule has 0 saturated carbocycles. The van der Waals surface area contributed by atoms with Crippen molar-refractivity contribution in [2.45, 2.75) is 23.7 Å². The number of rotatable bonds is 3. The van der Waals surface area contributed by atoms with Crippen LogP contribution in [0, 0.1) is 6.92 Å². The summed E-state index contributed by atoms with van der Waals surface area (Å²) in [5.41, 5.74) is 0.305. The third kappa shape index (κ3) is 2.92. The molecule has 1 aliphatic rings. The van der Waals surface area contributed by atoms with E-state index in [2.05, 4.69) is 4.74 Å². The summed E-state index contributed by atoms with van der Waals surface area (Å²) in [6.07, 6.45) is 0. The number of carbonyl (C=O) groups excluding carboxylic acids is 1. The third-order valence-electron chi connectivity index (χ3n) is 3.54. The van der Waals surface area contributed by atoms with Gasteiger partial charge in [0, 0.05) is 0 Å². The summed E-state index contributed by atoms with van der Waals surface area (Å²) in [7, 11) is -3.51. The van der Waals surface area contributed by atoms with E-state index < -0.39 is 45.8 Å². The Morgan fingerprint density at radius 1 is 1.17 bits per heavy atom. The van der Waals surface area contributed by atoms with Gasteiger partial charge in [0.25, 0.3) is 0 Å². The minimum atomic E-state index is -4.60. The molecule has 1 aromatic carbocycles. The van der Waals surface area contributed by atoms with Crippen LogP contribution in [-0.2, 0) is 14.8 Å². The Morgan fingerprint density at radius 3 is 2.17 bits per heavy atom. The molecule has 1 heterocycles. The molecule has 0 radical (unpaired) electrons. The molecule has 0 atom stereocenters. The number of sulfonamides is 1. The summed E-state index contributed by atoms with van der Waals surface area (Å²) in [6.45, 7) is -1.73. The van der Waals surface area contributed by atoms with Crippen LogP contribution in [0.4, 0.5) is 17.6 Å². The molecular weight excluding hydrogens is 342 g/mol. The van der Waals surface area contributed by atoms with Crippen LogP contribution in [0.1, 0.15) is 15.9 Å². The van der Waals surface area contributed by atoms with E-state index in [0.29, 0.717) is 5.56 Å². The number of alkyl halides is 4. The topological polar surface area (TPSA) is 63.7 Å². The van der Waals surface area contributed by atoms with Crippen molar-refractivity contribution < 1.29 is 35.5 Å². The van der Waals surface area contributed by atoms with Crippen molar-refractivity contribution in [3.05, 3.63) is 29.3 Å². The van der Waals surface area contributed by atoms with Gasteiger partial charge in [-0.1, -0.05) is 6.07 Å². The number of carbonyl (C=O) groups is 1. The fourth-order valence-corrected chi connectivity index (χ4v) is 3.61. The van der Waals surface area contributed by atoms with Gasteiger partial charge in [0.05, 0.1) is 30.7 Å². The van der Waals surface area contributed by atoms with Crippen molar-refractivity contribution in [3.8, 4) is 0 Å². The van der Waals surface area contributed by atoms with Gasteiger partial charge >= 0.3 is 17.8 Å². The van der Waals surface area contributed by atoms with E-state index in [-0.39, 0.29) is 9.87 Å². The molecule has 0 amide bonds. The largest absolute Gasteiger partial charge is 0.465 e. The van der Waals surface area contributed by atoms with Gasteiger partial charge in [-0.3, -0.25) is 0 Å². The van der Waals surface area contributed by atoms with Crippen molar-refractivity contribution in [2.75, 3.05) is 20.2 Å². The van der Waals surface area contributed by atoms with Gasteiger partial charge < -0.3 is 4.74 Å². The van der Waals surface area contributed by atoms with Gasteiger partial charge in [0.1, 0.15) is 0 Å². The molecule has 10 heteroatoms. The molecule has 0 aliphatic carbocycles. The van der Waals surface area contributed by atoms with E-state index in [4.69, 9.17) is 0 Å². The van der Waals surface area contributed by atoms with E-state index in [1.165, 1.54) is 13.0 Å². The number of aryl methyl sites for hydroxylation is 1. The maximum Gasteiger partial charge on any atom is 0.338 e.